The van der Waals surface area contributed by atoms with Crippen LogP contribution in [0.25, 0.3) is 0 Å². The molecule has 0 saturated heterocycles. The summed E-state index contributed by atoms with van der Waals surface area (Å²) >= 11 is 6.11. The van der Waals surface area contributed by atoms with Gasteiger partial charge in [-0.15, -0.1) is 0 Å². The molecular weight excluding hydrogens is 252 g/mol. The molecule has 1 aliphatic carbocycles. The standard InChI is InChI=1S/C13H17ClN2O2/c14-12-7-6-10(16(17)18)8-11(12)13(15)9-4-2-1-3-5-9/h6-9,13H,1-5,15H2/t13-/m0/s1. The number of halogens is 1. The first kappa shape index (κ1) is 13.3. The fraction of sp³-hybridized carbons (Fsp3) is 0.538. The molecule has 2 rings (SSSR count). The van der Waals surface area contributed by atoms with Gasteiger partial charge in [-0.2, -0.15) is 0 Å². The fourth-order valence-electron chi connectivity index (χ4n) is 2.65. The van der Waals surface area contributed by atoms with E-state index >= 15 is 0 Å². The lowest BCUT2D eigenvalue weighted by molar-refractivity contribution is -0.384. The zero-order chi connectivity index (χ0) is 13.1. The highest BCUT2D eigenvalue weighted by Crippen LogP contribution is 2.36. The molecule has 1 aromatic carbocycles. The van der Waals surface area contributed by atoms with Crippen molar-refractivity contribution in [2.45, 2.75) is 38.1 Å². The maximum absolute atomic E-state index is 10.8. The summed E-state index contributed by atoms with van der Waals surface area (Å²) in [6, 6.07) is 4.30. The van der Waals surface area contributed by atoms with E-state index in [2.05, 4.69) is 0 Å². The predicted molar refractivity (Wildman–Crippen MR) is 71.6 cm³/mol. The van der Waals surface area contributed by atoms with Crippen LogP contribution in [0.5, 0.6) is 0 Å². The zero-order valence-electron chi connectivity index (χ0n) is 10.1. The van der Waals surface area contributed by atoms with Crippen molar-refractivity contribution >= 4 is 17.3 Å². The van der Waals surface area contributed by atoms with Crippen molar-refractivity contribution in [2.24, 2.45) is 11.7 Å². The molecular formula is C13H17ClN2O2. The minimum absolute atomic E-state index is 0.0562. The Morgan fingerprint density at radius 2 is 2.00 bits per heavy atom. The Balaban J connectivity index is 2.25. The molecule has 1 aromatic rings. The van der Waals surface area contributed by atoms with Gasteiger partial charge in [0.2, 0.25) is 0 Å². The highest BCUT2D eigenvalue weighted by atomic mass is 35.5. The van der Waals surface area contributed by atoms with E-state index in [4.69, 9.17) is 17.3 Å². The lowest BCUT2D eigenvalue weighted by Gasteiger charge is -2.28. The SMILES string of the molecule is N[C@H](c1cc([N+](=O)[O-])ccc1Cl)C1CCCCC1. The van der Waals surface area contributed by atoms with E-state index in [1.165, 1.54) is 31.4 Å². The third kappa shape index (κ3) is 2.82. The summed E-state index contributed by atoms with van der Waals surface area (Å²) in [5.74, 6) is 0.387. The van der Waals surface area contributed by atoms with Crippen LogP contribution in [0.1, 0.15) is 43.7 Å². The largest absolute Gasteiger partial charge is 0.324 e. The number of nitro groups is 1. The Hall–Kier alpha value is -1.13. The Kier molecular flexibility index (Phi) is 4.19. The van der Waals surface area contributed by atoms with E-state index in [9.17, 15) is 10.1 Å². The topological polar surface area (TPSA) is 69.2 Å². The normalized spacial score (nSPS) is 18.6. The van der Waals surface area contributed by atoms with E-state index in [1.54, 1.807) is 6.07 Å². The van der Waals surface area contributed by atoms with Crippen molar-refractivity contribution in [3.8, 4) is 0 Å². The van der Waals surface area contributed by atoms with Gasteiger partial charge in [0, 0.05) is 23.2 Å². The number of nitro benzene ring substituents is 1. The highest BCUT2D eigenvalue weighted by Gasteiger charge is 2.24. The van der Waals surface area contributed by atoms with Gasteiger partial charge in [0.1, 0.15) is 0 Å². The Morgan fingerprint density at radius 1 is 1.33 bits per heavy atom. The van der Waals surface area contributed by atoms with Gasteiger partial charge in [-0.05, 0) is 30.4 Å². The van der Waals surface area contributed by atoms with Gasteiger partial charge in [-0.3, -0.25) is 10.1 Å². The molecule has 18 heavy (non-hydrogen) atoms. The second-order valence-electron chi connectivity index (χ2n) is 4.89. The summed E-state index contributed by atoms with van der Waals surface area (Å²) in [5, 5.41) is 11.3. The number of benzene rings is 1. The molecule has 2 N–H and O–H groups in total. The summed E-state index contributed by atoms with van der Waals surface area (Å²) in [7, 11) is 0. The Morgan fingerprint density at radius 3 is 2.61 bits per heavy atom. The second-order valence-corrected chi connectivity index (χ2v) is 5.29. The minimum atomic E-state index is -0.409. The van der Waals surface area contributed by atoms with Crippen LogP contribution in [0, 0.1) is 16.0 Å². The van der Waals surface area contributed by atoms with Gasteiger partial charge in [0.05, 0.1) is 4.92 Å². The van der Waals surface area contributed by atoms with Crippen LogP contribution < -0.4 is 5.73 Å². The van der Waals surface area contributed by atoms with Crippen molar-refractivity contribution in [3.63, 3.8) is 0 Å². The molecule has 0 unspecified atom stereocenters. The first-order valence-electron chi connectivity index (χ1n) is 6.29. The third-order valence-corrected chi connectivity index (χ3v) is 4.05. The molecule has 0 amide bonds. The second kappa shape index (κ2) is 5.67. The maximum atomic E-state index is 10.8. The van der Waals surface area contributed by atoms with Crippen molar-refractivity contribution in [1.29, 1.82) is 0 Å². The summed E-state index contributed by atoms with van der Waals surface area (Å²) < 4.78 is 0. The molecule has 1 saturated carbocycles. The first-order valence-corrected chi connectivity index (χ1v) is 6.67. The number of hydrogen-bond acceptors (Lipinski definition) is 3. The molecule has 4 nitrogen and oxygen atoms in total. The van der Waals surface area contributed by atoms with E-state index in [0.29, 0.717) is 16.5 Å². The smallest absolute Gasteiger partial charge is 0.269 e. The molecule has 1 atom stereocenters. The Bertz CT molecular complexity index is 445. The minimum Gasteiger partial charge on any atom is -0.324 e. The van der Waals surface area contributed by atoms with Crippen molar-refractivity contribution in [2.75, 3.05) is 0 Å². The molecule has 0 spiro atoms. The summed E-state index contributed by atoms with van der Waals surface area (Å²) in [4.78, 5) is 10.4. The Labute approximate surface area is 111 Å². The fourth-order valence-corrected chi connectivity index (χ4v) is 2.89. The lowest BCUT2D eigenvalue weighted by Crippen LogP contribution is -2.23. The average Bonchev–Trinajstić information content (AvgIpc) is 2.39. The van der Waals surface area contributed by atoms with Crippen molar-refractivity contribution in [3.05, 3.63) is 38.9 Å². The molecule has 0 radical (unpaired) electrons. The van der Waals surface area contributed by atoms with Crippen LogP contribution in [-0.2, 0) is 0 Å². The molecule has 5 heteroatoms. The number of hydrogen-bond donors (Lipinski definition) is 1. The van der Waals surface area contributed by atoms with Crippen molar-refractivity contribution < 1.29 is 4.92 Å². The van der Waals surface area contributed by atoms with Gasteiger partial charge in [-0.1, -0.05) is 30.9 Å². The molecule has 1 aliphatic rings. The maximum Gasteiger partial charge on any atom is 0.269 e. The van der Waals surface area contributed by atoms with E-state index < -0.39 is 4.92 Å². The quantitative estimate of drug-likeness (QED) is 0.669. The molecule has 1 fully saturated rings. The van der Waals surface area contributed by atoms with Gasteiger partial charge in [0.25, 0.3) is 5.69 Å². The van der Waals surface area contributed by atoms with Crippen LogP contribution in [0.3, 0.4) is 0 Å². The predicted octanol–water partition coefficient (Wildman–Crippen LogP) is 3.83. The first-order chi connectivity index (χ1) is 8.59. The van der Waals surface area contributed by atoms with Gasteiger partial charge >= 0.3 is 0 Å². The average molecular weight is 269 g/mol. The number of non-ortho nitro benzene ring substituents is 1. The summed E-state index contributed by atoms with van der Waals surface area (Å²) in [6.07, 6.45) is 5.79. The van der Waals surface area contributed by atoms with Gasteiger partial charge in [0.15, 0.2) is 0 Å². The van der Waals surface area contributed by atoms with Crippen LogP contribution in [0.2, 0.25) is 5.02 Å². The van der Waals surface area contributed by atoms with E-state index in [1.807, 2.05) is 0 Å². The van der Waals surface area contributed by atoms with Crippen molar-refractivity contribution in [1.82, 2.24) is 0 Å². The molecule has 98 valence electrons. The molecule has 0 bridgehead atoms. The van der Waals surface area contributed by atoms with Crippen LogP contribution in [0.4, 0.5) is 5.69 Å². The summed E-state index contributed by atoms with van der Waals surface area (Å²) in [5.41, 5.74) is 6.99. The van der Waals surface area contributed by atoms with E-state index in [-0.39, 0.29) is 11.7 Å². The van der Waals surface area contributed by atoms with Crippen LogP contribution >= 0.6 is 11.6 Å². The number of rotatable bonds is 3. The number of nitrogens with two attached hydrogens (primary N) is 1. The lowest BCUT2D eigenvalue weighted by atomic mass is 9.81. The van der Waals surface area contributed by atoms with E-state index in [0.717, 1.165) is 12.8 Å². The molecule has 0 aromatic heterocycles. The monoisotopic (exact) mass is 268 g/mol. The zero-order valence-corrected chi connectivity index (χ0v) is 10.9. The molecule has 0 aliphatic heterocycles. The highest BCUT2D eigenvalue weighted by molar-refractivity contribution is 6.31. The van der Waals surface area contributed by atoms with Gasteiger partial charge in [-0.25, -0.2) is 0 Å². The summed E-state index contributed by atoms with van der Waals surface area (Å²) in [6.45, 7) is 0. The third-order valence-electron chi connectivity index (χ3n) is 3.71. The molecule has 0 heterocycles. The van der Waals surface area contributed by atoms with Gasteiger partial charge < -0.3 is 5.73 Å². The number of nitrogens with zero attached hydrogens (tertiary/aromatic N) is 1. The van der Waals surface area contributed by atoms with Crippen LogP contribution in [-0.4, -0.2) is 4.92 Å². The van der Waals surface area contributed by atoms with Crippen LogP contribution in [0.15, 0.2) is 18.2 Å².